The van der Waals surface area contributed by atoms with Crippen LogP contribution < -0.4 is 5.32 Å². The standard InChI is InChI=1S/C17H32N2O/c1-3-6-15-11-18-17(2,14-8-9-14)13-19(15)12-16-7-4-5-10-20-16/h14-16,18H,3-13H2,1-2H3. The highest BCUT2D eigenvalue weighted by Crippen LogP contribution is 2.41. The van der Waals surface area contributed by atoms with E-state index < -0.39 is 0 Å². The predicted molar refractivity (Wildman–Crippen MR) is 83.0 cm³/mol. The number of nitrogens with zero attached hydrogens (tertiary/aromatic N) is 1. The topological polar surface area (TPSA) is 24.5 Å². The van der Waals surface area contributed by atoms with Gasteiger partial charge in [0.25, 0.3) is 0 Å². The number of ether oxygens (including phenoxy) is 1. The summed E-state index contributed by atoms with van der Waals surface area (Å²) in [6.07, 6.45) is 9.83. The van der Waals surface area contributed by atoms with E-state index in [2.05, 4.69) is 24.1 Å². The second-order valence-electron chi connectivity index (χ2n) is 7.43. The Morgan fingerprint density at radius 2 is 2.10 bits per heavy atom. The molecular formula is C17H32N2O. The summed E-state index contributed by atoms with van der Waals surface area (Å²) in [6, 6.07) is 0.720. The molecule has 2 saturated heterocycles. The van der Waals surface area contributed by atoms with E-state index in [1.54, 1.807) is 0 Å². The SMILES string of the molecule is CCCC1CNC(C)(C2CC2)CN1CC1CCCCO1. The summed E-state index contributed by atoms with van der Waals surface area (Å²) >= 11 is 0. The van der Waals surface area contributed by atoms with Gasteiger partial charge in [0.2, 0.25) is 0 Å². The third-order valence-corrected chi connectivity index (χ3v) is 5.60. The molecule has 3 rings (SSSR count). The average molecular weight is 280 g/mol. The maximum Gasteiger partial charge on any atom is 0.0702 e. The summed E-state index contributed by atoms with van der Waals surface area (Å²) in [5.74, 6) is 0.917. The van der Waals surface area contributed by atoms with E-state index in [-0.39, 0.29) is 0 Å². The van der Waals surface area contributed by atoms with E-state index in [0.717, 1.165) is 25.1 Å². The third-order valence-electron chi connectivity index (χ3n) is 5.60. The molecule has 0 amide bonds. The minimum atomic E-state index is 0.360. The lowest BCUT2D eigenvalue weighted by Gasteiger charge is -2.48. The molecule has 0 bridgehead atoms. The number of rotatable bonds is 5. The summed E-state index contributed by atoms with van der Waals surface area (Å²) in [6.45, 7) is 9.30. The Labute approximate surface area is 124 Å². The minimum absolute atomic E-state index is 0.360. The van der Waals surface area contributed by atoms with E-state index >= 15 is 0 Å². The fourth-order valence-corrected chi connectivity index (χ4v) is 4.13. The van der Waals surface area contributed by atoms with Crippen molar-refractivity contribution in [3.63, 3.8) is 0 Å². The van der Waals surface area contributed by atoms with E-state index in [9.17, 15) is 0 Å². The van der Waals surface area contributed by atoms with Crippen LogP contribution in [0.4, 0.5) is 0 Å². The van der Waals surface area contributed by atoms with Gasteiger partial charge in [0.1, 0.15) is 0 Å². The molecule has 3 fully saturated rings. The van der Waals surface area contributed by atoms with E-state index in [4.69, 9.17) is 4.74 Å². The second kappa shape index (κ2) is 6.33. The van der Waals surface area contributed by atoms with Gasteiger partial charge in [0, 0.05) is 37.8 Å². The van der Waals surface area contributed by atoms with Crippen LogP contribution in [-0.2, 0) is 4.74 Å². The maximum absolute atomic E-state index is 5.99. The Bertz CT molecular complexity index is 312. The molecule has 2 heterocycles. The largest absolute Gasteiger partial charge is 0.377 e. The van der Waals surface area contributed by atoms with Gasteiger partial charge in [-0.05, 0) is 51.4 Å². The molecule has 0 aromatic rings. The summed E-state index contributed by atoms with van der Waals surface area (Å²) in [7, 11) is 0. The molecule has 0 aromatic carbocycles. The molecule has 3 heteroatoms. The lowest BCUT2D eigenvalue weighted by Crippen LogP contribution is -2.65. The molecular weight excluding hydrogens is 248 g/mol. The van der Waals surface area contributed by atoms with E-state index in [1.807, 2.05) is 0 Å². The highest BCUT2D eigenvalue weighted by molar-refractivity contribution is 5.04. The Morgan fingerprint density at radius 1 is 1.25 bits per heavy atom. The van der Waals surface area contributed by atoms with E-state index in [0.29, 0.717) is 11.6 Å². The monoisotopic (exact) mass is 280 g/mol. The van der Waals surface area contributed by atoms with Gasteiger partial charge in [0.15, 0.2) is 0 Å². The van der Waals surface area contributed by atoms with Gasteiger partial charge in [-0.3, -0.25) is 4.90 Å². The van der Waals surface area contributed by atoms with Crippen LogP contribution >= 0.6 is 0 Å². The van der Waals surface area contributed by atoms with Crippen molar-refractivity contribution >= 4 is 0 Å². The zero-order valence-corrected chi connectivity index (χ0v) is 13.4. The van der Waals surface area contributed by atoms with Crippen molar-refractivity contribution in [2.75, 3.05) is 26.2 Å². The summed E-state index contributed by atoms with van der Waals surface area (Å²) < 4.78 is 5.99. The lowest BCUT2D eigenvalue weighted by molar-refractivity contribution is -0.0315. The maximum atomic E-state index is 5.99. The van der Waals surface area contributed by atoms with Crippen LogP contribution in [0.2, 0.25) is 0 Å². The Kier molecular flexibility index (Phi) is 4.68. The third kappa shape index (κ3) is 3.37. The summed E-state index contributed by atoms with van der Waals surface area (Å²) in [5.41, 5.74) is 0.360. The highest BCUT2D eigenvalue weighted by Gasteiger charge is 2.46. The van der Waals surface area contributed by atoms with Crippen molar-refractivity contribution in [3.8, 4) is 0 Å². The average Bonchev–Trinajstić information content (AvgIpc) is 3.28. The van der Waals surface area contributed by atoms with Gasteiger partial charge in [-0.25, -0.2) is 0 Å². The predicted octanol–water partition coefficient (Wildman–Crippen LogP) is 2.80. The van der Waals surface area contributed by atoms with Crippen molar-refractivity contribution < 1.29 is 4.74 Å². The van der Waals surface area contributed by atoms with Gasteiger partial charge in [-0.15, -0.1) is 0 Å². The van der Waals surface area contributed by atoms with Crippen molar-refractivity contribution in [2.45, 2.75) is 76.5 Å². The van der Waals surface area contributed by atoms with E-state index in [1.165, 1.54) is 58.0 Å². The highest BCUT2D eigenvalue weighted by atomic mass is 16.5. The van der Waals surface area contributed by atoms with Crippen molar-refractivity contribution in [1.82, 2.24) is 10.2 Å². The van der Waals surface area contributed by atoms with Crippen molar-refractivity contribution in [2.24, 2.45) is 5.92 Å². The molecule has 116 valence electrons. The number of piperazine rings is 1. The summed E-state index contributed by atoms with van der Waals surface area (Å²) in [4.78, 5) is 2.76. The molecule has 3 aliphatic rings. The zero-order chi connectivity index (χ0) is 14.0. The molecule has 1 aliphatic carbocycles. The molecule has 0 radical (unpaired) electrons. The van der Waals surface area contributed by atoms with Crippen LogP contribution in [0.15, 0.2) is 0 Å². The van der Waals surface area contributed by atoms with Crippen molar-refractivity contribution in [3.05, 3.63) is 0 Å². The molecule has 2 aliphatic heterocycles. The first kappa shape index (κ1) is 14.8. The van der Waals surface area contributed by atoms with Crippen molar-refractivity contribution in [1.29, 1.82) is 0 Å². The summed E-state index contributed by atoms with van der Waals surface area (Å²) in [5, 5.41) is 3.88. The molecule has 3 unspecified atom stereocenters. The van der Waals surface area contributed by atoms with Crippen LogP contribution in [0.1, 0.15) is 58.8 Å². The zero-order valence-electron chi connectivity index (χ0n) is 13.4. The van der Waals surface area contributed by atoms with Gasteiger partial charge in [-0.1, -0.05) is 13.3 Å². The minimum Gasteiger partial charge on any atom is -0.377 e. The van der Waals surface area contributed by atoms with Gasteiger partial charge in [-0.2, -0.15) is 0 Å². The normalized spacial score (nSPS) is 39.9. The molecule has 1 N–H and O–H groups in total. The molecule has 1 saturated carbocycles. The molecule has 20 heavy (non-hydrogen) atoms. The molecule has 0 aromatic heterocycles. The Hall–Kier alpha value is -0.120. The molecule has 3 atom stereocenters. The Morgan fingerprint density at radius 3 is 2.75 bits per heavy atom. The van der Waals surface area contributed by atoms with Crippen LogP contribution in [-0.4, -0.2) is 48.8 Å². The Balaban J connectivity index is 1.61. The number of hydrogen-bond donors (Lipinski definition) is 1. The quantitative estimate of drug-likeness (QED) is 0.838. The van der Waals surface area contributed by atoms with Crippen LogP contribution in [0, 0.1) is 5.92 Å². The first-order valence-corrected chi connectivity index (χ1v) is 8.82. The number of nitrogens with one attached hydrogen (secondary N) is 1. The van der Waals surface area contributed by atoms with Gasteiger partial charge in [0.05, 0.1) is 6.10 Å². The van der Waals surface area contributed by atoms with Crippen LogP contribution in [0.3, 0.4) is 0 Å². The molecule has 0 spiro atoms. The number of hydrogen-bond acceptors (Lipinski definition) is 3. The van der Waals surface area contributed by atoms with Crippen LogP contribution in [0.25, 0.3) is 0 Å². The first-order chi connectivity index (χ1) is 9.71. The fraction of sp³-hybridized carbons (Fsp3) is 1.00. The van der Waals surface area contributed by atoms with Crippen LogP contribution in [0.5, 0.6) is 0 Å². The molecule has 3 nitrogen and oxygen atoms in total. The smallest absolute Gasteiger partial charge is 0.0702 e. The second-order valence-corrected chi connectivity index (χ2v) is 7.43. The first-order valence-electron chi connectivity index (χ1n) is 8.82. The lowest BCUT2D eigenvalue weighted by atomic mass is 9.89. The fourth-order valence-electron chi connectivity index (χ4n) is 4.13. The van der Waals surface area contributed by atoms with Gasteiger partial charge < -0.3 is 10.1 Å². The van der Waals surface area contributed by atoms with Gasteiger partial charge >= 0.3 is 0 Å².